The molecule has 0 spiro atoms. The molecule has 0 aliphatic heterocycles. The first kappa shape index (κ1) is 13.3. The third-order valence-corrected chi connectivity index (χ3v) is 2.94. The fraction of sp³-hybridized carbons (Fsp3) is 0.286. The van der Waals surface area contributed by atoms with E-state index in [-0.39, 0.29) is 5.91 Å². The molecule has 0 bridgehead atoms. The van der Waals surface area contributed by atoms with E-state index in [0.29, 0.717) is 13.0 Å². The van der Waals surface area contributed by atoms with Gasteiger partial charge in [0.1, 0.15) is 0 Å². The van der Waals surface area contributed by atoms with Gasteiger partial charge in [-0.3, -0.25) is 9.89 Å². The van der Waals surface area contributed by atoms with Crippen LogP contribution in [0.2, 0.25) is 0 Å². The van der Waals surface area contributed by atoms with E-state index in [9.17, 15) is 4.79 Å². The lowest BCUT2D eigenvalue weighted by Crippen LogP contribution is -2.40. The normalized spacial score (nSPS) is 12.1. The number of aromatic amines is 1. The Morgan fingerprint density at radius 1 is 1.32 bits per heavy atom. The number of H-pyrrole nitrogens is 1. The highest BCUT2D eigenvalue weighted by molar-refractivity contribution is 5.81. The summed E-state index contributed by atoms with van der Waals surface area (Å²) in [5, 5.41) is 9.38. The Hall–Kier alpha value is -2.14. The number of amides is 1. The fourth-order valence-corrected chi connectivity index (χ4v) is 1.79. The average molecular weight is 258 g/mol. The van der Waals surface area contributed by atoms with Gasteiger partial charge in [0.25, 0.3) is 0 Å². The van der Waals surface area contributed by atoms with Crippen LogP contribution in [0, 0.1) is 0 Å². The van der Waals surface area contributed by atoms with Gasteiger partial charge < -0.3 is 11.1 Å². The first-order valence-electron chi connectivity index (χ1n) is 6.31. The van der Waals surface area contributed by atoms with Crippen LogP contribution in [0.5, 0.6) is 0 Å². The maximum absolute atomic E-state index is 11.8. The van der Waals surface area contributed by atoms with Gasteiger partial charge in [0.05, 0.1) is 18.3 Å². The largest absolute Gasteiger partial charge is 0.349 e. The molecule has 100 valence electrons. The van der Waals surface area contributed by atoms with Crippen LogP contribution in [-0.4, -0.2) is 22.1 Å². The zero-order valence-electron chi connectivity index (χ0n) is 10.7. The molecule has 1 aromatic heterocycles. The van der Waals surface area contributed by atoms with E-state index in [1.165, 1.54) is 5.56 Å². The van der Waals surface area contributed by atoms with Crippen molar-refractivity contribution in [2.45, 2.75) is 25.4 Å². The van der Waals surface area contributed by atoms with Crippen molar-refractivity contribution in [1.82, 2.24) is 15.5 Å². The molecule has 0 saturated carbocycles. The van der Waals surface area contributed by atoms with E-state index >= 15 is 0 Å². The monoisotopic (exact) mass is 258 g/mol. The second-order valence-electron chi connectivity index (χ2n) is 4.43. The number of benzene rings is 1. The molecule has 0 aliphatic rings. The molecule has 5 heteroatoms. The van der Waals surface area contributed by atoms with Gasteiger partial charge in [0.15, 0.2) is 0 Å². The molecule has 2 rings (SSSR count). The van der Waals surface area contributed by atoms with Crippen molar-refractivity contribution in [2.75, 3.05) is 0 Å². The zero-order valence-corrected chi connectivity index (χ0v) is 10.7. The molecule has 0 aliphatic carbocycles. The predicted octanol–water partition coefficient (Wildman–Crippen LogP) is 0.986. The number of nitrogens with zero attached hydrogens (tertiary/aromatic N) is 1. The van der Waals surface area contributed by atoms with E-state index in [0.717, 1.165) is 12.1 Å². The van der Waals surface area contributed by atoms with Gasteiger partial charge in [-0.25, -0.2) is 0 Å². The molecule has 0 unspecified atom stereocenters. The van der Waals surface area contributed by atoms with Crippen LogP contribution in [0.1, 0.15) is 17.7 Å². The number of carbonyl (C=O) groups is 1. The minimum Gasteiger partial charge on any atom is -0.349 e. The standard InChI is InChI=1S/C14H18N4O/c15-13(7-6-11-4-2-1-3-5-11)14(19)16-10-12-8-9-17-18-12/h1-5,8-9,13H,6-7,10,15H2,(H,16,19)(H,17,18)/t13-/m0/s1. The number of hydrogen-bond acceptors (Lipinski definition) is 3. The van der Waals surface area contributed by atoms with Crippen molar-refractivity contribution in [3.63, 3.8) is 0 Å². The Morgan fingerprint density at radius 2 is 2.11 bits per heavy atom. The van der Waals surface area contributed by atoms with Crippen LogP contribution in [0.15, 0.2) is 42.6 Å². The van der Waals surface area contributed by atoms with Crippen molar-refractivity contribution in [3.05, 3.63) is 53.9 Å². The highest BCUT2D eigenvalue weighted by atomic mass is 16.2. The van der Waals surface area contributed by atoms with E-state index < -0.39 is 6.04 Å². The Morgan fingerprint density at radius 3 is 2.79 bits per heavy atom. The van der Waals surface area contributed by atoms with Gasteiger partial charge in [-0.05, 0) is 24.5 Å². The Kier molecular flexibility index (Phi) is 4.69. The van der Waals surface area contributed by atoms with Gasteiger partial charge in [-0.1, -0.05) is 30.3 Å². The van der Waals surface area contributed by atoms with Gasteiger partial charge in [0, 0.05) is 6.20 Å². The lowest BCUT2D eigenvalue weighted by molar-refractivity contribution is -0.122. The molecule has 1 aromatic carbocycles. The third kappa shape index (κ3) is 4.22. The minimum atomic E-state index is -0.483. The van der Waals surface area contributed by atoms with Crippen LogP contribution < -0.4 is 11.1 Å². The summed E-state index contributed by atoms with van der Waals surface area (Å²) in [7, 11) is 0. The van der Waals surface area contributed by atoms with E-state index in [1.807, 2.05) is 36.4 Å². The molecule has 1 heterocycles. The Labute approximate surface area is 112 Å². The average Bonchev–Trinajstić information content (AvgIpc) is 2.96. The van der Waals surface area contributed by atoms with Crippen LogP contribution in [0.3, 0.4) is 0 Å². The summed E-state index contributed by atoms with van der Waals surface area (Å²) in [5.74, 6) is -0.134. The second-order valence-corrected chi connectivity index (χ2v) is 4.43. The molecule has 4 N–H and O–H groups in total. The number of hydrogen-bond donors (Lipinski definition) is 3. The number of aryl methyl sites for hydroxylation is 1. The van der Waals surface area contributed by atoms with Crippen LogP contribution in [-0.2, 0) is 17.8 Å². The van der Waals surface area contributed by atoms with Gasteiger partial charge >= 0.3 is 0 Å². The maximum Gasteiger partial charge on any atom is 0.237 e. The minimum absolute atomic E-state index is 0.134. The molecule has 0 saturated heterocycles. The van der Waals surface area contributed by atoms with Crippen molar-refractivity contribution in [1.29, 1.82) is 0 Å². The predicted molar refractivity (Wildman–Crippen MR) is 73.2 cm³/mol. The summed E-state index contributed by atoms with van der Waals surface area (Å²) < 4.78 is 0. The summed E-state index contributed by atoms with van der Waals surface area (Å²) in [4.78, 5) is 11.8. The van der Waals surface area contributed by atoms with Gasteiger partial charge in [-0.15, -0.1) is 0 Å². The van der Waals surface area contributed by atoms with Crippen LogP contribution in [0.4, 0.5) is 0 Å². The maximum atomic E-state index is 11.8. The second kappa shape index (κ2) is 6.70. The number of carbonyl (C=O) groups excluding carboxylic acids is 1. The smallest absolute Gasteiger partial charge is 0.237 e. The van der Waals surface area contributed by atoms with E-state index in [4.69, 9.17) is 5.73 Å². The molecule has 0 fully saturated rings. The summed E-state index contributed by atoms with van der Waals surface area (Å²) in [6.07, 6.45) is 3.09. The molecule has 2 aromatic rings. The van der Waals surface area contributed by atoms with Crippen molar-refractivity contribution in [2.24, 2.45) is 5.73 Å². The van der Waals surface area contributed by atoms with Crippen molar-refractivity contribution in [3.8, 4) is 0 Å². The Bertz CT molecular complexity index is 495. The first-order chi connectivity index (χ1) is 9.25. The quantitative estimate of drug-likeness (QED) is 0.722. The van der Waals surface area contributed by atoms with Crippen LogP contribution >= 0.6 is 0 Å². The first-order valence-corrected chi connectivity index (χ1v) is 6.31. The molecular weight excluding hydrogens is 240 g/mol. The number of nitrogens with one attached hydrogen (secondary N) is 2. The molecule has 1 atom stereocenters. The molecule has 5 nitrogen and oxygen atoms in total. The summed E-state index contributed by atoms with van der Waals surface area (Å²) >= 11 is 0. The van der Waals surface area contributed by atoms with Crippen LogP contribution in [0.25, 0.3) is 0 Å². The topological polar surface area (TPSA) is 83.8 Å². The summed E-state index contributed by atoms with van der Waals surface area (Å²) in [5.41, 5.74) is 7.92. The van der Waals surface area contributed by atoms with Gasteiger partial charge in [-0.2, -0.15) is 5.10 Å². The van der Waals surface area contributed by atoms with Gasteiger partial charge in [0.2, 0.25) is 5.91 Å². The number of nitrogens with two attached hydrogens (primary N) is 1. The van der Waals surface area contributed by atoms with E-state index in [1.54, 1.807) is 6.20 Å². The lowest BCUT2D eigenvalue weighted by Gasteiger charge is -2.11. The van der Waals surface area contributed by atoms with Crippen molar-refractivity contribution < 1.29 is 4.79 Å². The molecule has 19 heavy (non-hydrogen) atoms. The highest BCUT2D eigenvalue weighted by Gasteiger charge is 2.12. The summed E-state index contributed by atoms with van der Waals surface area (Å²) in [6.45, 7) is 0.428. The molecule has 0 radical (unpaired) electrons. The third-order valence-electron chi connectivity index (χ3n) is 2.94. The molecular formula is C14H18N4O. The number of aromatic nitrogens is 2. The Balaban J connectivity index is 1.73. The molecule has 1 amide bonds. The fourth-order valence-electron chi connectivity index (χ4n) is 1.79. The zero-order chi connectivity index (χ0) is 13.5. The SMILES string of the molecule is N[C@@H](CCc1ccccc1)C(=O)NCc1ccn[nH]1. The lowest BCUT2D eigenvalue weighted by atomic mass is 10.1. The van der Waals surface area contributed by atoms with Crippen molar-refractivity contribution >= 4 is 5.91 Å². The highest BCUT2D eigenvalue weighted by Crippen LogP contribution is 2.04. The van der Waals surface area contributed by atoms with E-state index in [2.05, 4.69) is 15.5 Å². The summed E-state index contributed by atoms with van der Waals surface area (Å²) in [6, 6.07) is 11.3. The number of rotatable bonds is 6.